The molecule has 1 heterocycles. The lowest BCUT2D eigenvalue weighted by atomic mass is 9.97. The molecule has 1 aromatic heterocycles. The van der Waals surface area contributed by atoms with Crippen LogP contribution in [-0.2, 0) is 12.8 Å². The van der Waals surface area contributed by atoms with Crippen LogP contribution in [0.5, 0.6) is 0 Å². The minimum absolute atomic E-state index is 0.00182. The van der Waals surface area contributed by atoms with E-state index < -0.39 is 0 Å². The van der Waals surface area contributed by atoms with Crippen molar-refractivity contribution in [1.82, 2.24) is 9.97 Å². The summed E-state index contributed by atoms with van der Waals surface area (Å²) in [5.74, 6) is 0.544. The van der Waals surface area contributed by atoms with Gasteiger partial charge in [-0.05, 0) is 51.2 Å². The minimum atomic E-state index is 0.00182. The van der Waals surface area contributed by atoms with E-state index in [1.165, 1.54) is 5.56 Å². The molecule has 0 radical (unpaired) electrons. The second-order valence-corrected chi connectivity index (χ2v) is 5.49. The van der Waals surface area contributed by atoms with Crippen molar-refractivity contribution in [3.05, 3.63) is 50.9 Å². The molecule has 0 unspecified atom stereocenters. The number of anilines is 2. The molecule has 4 nitrogen and oxygen atoms in total. The molecule has 0 fully saturated rings. The summed E-state index contributed by atoms with van der Waals surface area (Å²) in [6.07, 6.45) is 3.95. The summed E-state index contributed by atoms with van der Waals surface area (Å²) in [5, 5.41) is 3.22. The Bertz CT molecular complexity index is 703. The van der Waals surface area contributed by atoms with E-state index >= 15 is 0 Å². The highest BCUT2D eigenvalue weighted by molar-refractivity contribution is 5.59. The first kappa shape index (κ1) is 12.9. The Kier molecular flexibility index (Phi) is 3.30. The number of aromatic nitrogens is 2. The second-order valence-electron chi connectivity index (χ2n) is 5.49. The van der Waals surface area contributed by atoms with Crippen LogP contribution in [0.3, 0.4) is 0 Å². The first-order valence-electron chi connectivity index (χ1n) is 7.10. The fourth-order valence-electron chi connectivity index (χ4n) is 2.74. The Hall–Kier alpha value is -2.10. The quantitative estimate of drug-likeness (QED) is 0.881. The smallest absolute Gasteiger partial charge is 0.255 e. The van der Waals surface area contributed by atoms with Crippen LogP contribution in [-0.4, -0.2) is 9.97 Å². The summed E-state index contributed by atoms with van der Waals surface area (Å²) in [4.78, 5) is 19.5. The molecule has 104 valence electrons. The molecular formula is C16H19N3O. The molecule has 1 aliphatic carbocycles. The van der Waals surface area contributed by atoms with Gasteiger partial charge in [-0.2, -0.15) is 0 Å². The molecule has 0 saturated carbocycles. The van der Waals surface area contributed by atoms with Crippen molar-refractivity contribution >= 4 is 11.6 Å². The van der Waals surface area contributed by atoms with Crippen molar-refractivity contribution in [2.24, 2.45) is 0 Å². The number of nitrogens with zero attached hydrogens (tertiary/aromatic N) is 1. The number of benzene rings is 1. The average molecular weight is 269 g/mol. The van der Waals surface area contributed by atoms with E-state index in [0.29, 0.717) is 5.95 Å². The van der Waals surface area contributed by atoms with Crippen molar-refractivity contribution in [2.75, 3.05) is 5.32 Å². The summed E-state index contributed by atoms with van der Waals surface area (Å²) in [7, 11) is 0. The highest BCUT2D eigenvalue weighted by Crippen LogP contribution is 2.21. The molecule has 1 aliphatic rings. The lowest BCUT2D eigenvalue weighted by molar-refractivity contribution is 0.658. The highest BCUT2D eigenvalue weighted by Gasteiger charge is 2.15. The molecule has 3 rings (SSSR count). The molecule has 4 heteroatoms. The Labute approximate surface area is 118 Å². The second kappa shape index (κ2) is 5.12. The number of aryl methyl sites for hydroxylation is 3. The van der Waals surface area contributed by atoms with Gasteiger partial charge in [0.15, 0.2) is 0 Å². The first-order valence-corrected chi connectivity index (χ1v) is 7.10. The third-order valence-electron chi connectivity index (χ3n) is 3.83. The van der Waals surface area contributed by atoms with Crippen molar-refractivity contribution in [3.63, 3.8) is 0 Å². The Morgan fingerprint density at radius 3 is 2.80 bits per heavy atom. The van der Waals surface area contributed by atoms with Crippen LogP contribution in [0.2, 0.25) is 0 Å². The van der Waals surface area contributed by atoms with Crippen molar-refractivity contribution in [3.8, 4) is 0 Å². The predicted octanol–water partition coefficient (Wildman–Crippen LogP) is 3.01. The van der Waals surface area contributed by atoms with Crippen LogP contribution in [0.4, 0.5) is 11.6 Å². The monoisotopic (exact) mass is 269 g/mol. The fourth-order valence-corrected chi connectivity index (χ4v) is 2.74. The van der Waals surface area contributed by atoms with Crippen LogP contribution in [0.25, 0.3) is 0 Å². The van der Waals surface area contributed by atoms with Gasteiger partial charge in [-0.25, -0.2) is 4.98 Å². The summed E-state index contributed by atoms with van der Waals surface area (Å²) in [6.45, 7) is 4.11. The molecule has 1 aromatic carbocycles. The fraction of sp³-hybridized carbons (Fsp3) is 0.375. The Balaban J connectivity index is 1.95. The van der Waals surface area contributed by atoms with E-state index in [0.717, 1.165) is 48.2 Å². The maximum Gasteiger partial charge on any atom is 0.255 e. The SMILES string of the molecule is Cc1ccc(Nc2nc3c(c(=O)[nH]2)CCCC3)c(C)c1. The van der Waals surface area contributed by atoms with Gasteiger partial charge >= 0.3 is 0 Å². The van der Waals surface area contributed by atoms with Crippen LogP contribution in [0, 0.1) is 13.8 Å². The van der Waals surface area contributed by atoms with E-state index in [4.69, 9.17) is 0 Å². The van der Waals surface area contributed by atoms with E-state index in [1.54, 1.807) is 0 Å². The predicted molar refractivity (Wildman–Crippen MR) is 80.7 cm³/mol. The van der Waals surface area contributed by atoms with E-state index in [2.05, 4.69) is 28.3 Å². The number of rotatable bonds is 2. The third kappa shape index (κ3) is 2.46. The third-order valence-corrected chi connectivity index (χ3v) is 3.83. The normalized spacial score (nSPS) is 13.9. The number of H-pyrrole nitrogens is 1. The average Bonchev–Trinajstić information content (AvgIpc) is 2.42. The molecule has 2 N–H and O–H groups in total. The molecule has 0 atom stereocenters. The van der Waals surface area contributed by atoms with Gasteiger partial charge in [-0.3, -0.25) is 9.78 Å². The summed E-state index contributed by atoms with van der Waals surface area (Å²) in [5.41, 5.74) is 5.16. The van der Waals surface area contributed by atoms with E-state index in [9.17, 15) is 4.79 Å². The van der Waals surface area contributed by atoms with Crippen molar-refractivity contribution < 1.29 is 0 Å². The molecule has 0 spiro atoms. The zero-order valence-electron chi connectivity index (χ0n) is 11.9. The molecule has 0 saturated heterocycles. The Morgan fingerprint density at radius 2 is 2.00 bits per heavy atom. The van der Waals surface area contributed by atoms with Gasteiger partial charge in [0, 0.05) is 11.3 Å². The molecule has 0 amide bonds. The van der Waals surface area contributed by atoms with Gasteiger partial charge in [0.2, 0.25) is 5.95 Å². The maximum atomic E-state index is 12.1. The molecular weight excluding hydrogens is 250 g/mol. The standard InChI is InChI=1S/C16H19N3O/c1-10-7-8-13(11(2)9-10)17-16-18-14-6-4-3-5-12(14)15(20)19-16/h7-9H,3-6H2,1-2H3,(H2,17,18,19,20). The lowest BCUT2D eigenvalue weighted by Crippen LogP contribution is -2.22. The molecule has 0 bridgehead atoms. The molecule has 20 heavy (non-hydrogen) atoms. The number of hydrogen-bond donors (Lipinski definition) is 2. The zero-order valence-corrected chi connectivity index (χ0v) is 11.9. The molecule has 2 aromatic rings. The number of nitrogens with one attached hydrogen (secondary N) is 2. The van der Waals surface area contributed by atoms with Gasteiger partial charge in [-0.15, -0.1) is 0 Å². The summed E-state index contributed by atoms with van der Waals surface area (Å²) < 4.78 is 0. The minimum Gasteiger partial charge on any atom is -0.325 e. The number of aromatic amines is 1. The van der Waals surface area contributed by atoms with Gasteiger partial charge in [-0.1, -0.05) is 17.7 Å². The van der Waals surface area contributed by atoms with Crippen LogP contribution in [0.1, 0.15) is 35.2 Å². The van der Waals surface area contributed by atoms with E-state index in [-0.39, 0.29) is 5.56 Å². The van der Waals surface area contributed by atoms with Gasteiger partial charge in [0.1, 0.15) is 0 Å². The van der Waals surface area contributed by atoms with E-state index in [1.807, 2.05) is 19.1 Å². The largest absolute Gasteiger partial charge is 0.325 e. The topological polar surface area (TPSA) is 57.8 Å². The molecule has 0 aliphatic heterocycles. The summed E-state index contributed by atoms with van der Waals surface area (Å²) >= 11 is 0. The van der Waals surface area contributed by atoms with Gasteiger partial charge in [0.25, 0.3) is 5.56 Å². The van der Waals surface area contributed by atoms with Crippen LogP contribution < -0.4 is 10.9 Å². The highest BCUT2D eigenvalue weighted by atomic mass is 16.1. The van der Waals surface area contributed by atoms with Gasteiger partial charge < -0.3 is 5.32 Å². The van der Waals surface area contributed by atoms with Crippen LogP contribution in [0.15, 0.2) is 23.0 Å². The Morgan fingerprint density at radius 1 is 1.20 bits per heavy atom. The van der Waals surface area contributed by atoms with Crippen molar-refractivity contribution in [2.45, 2.75) is 39.5 Å². The number of fused-ring (bicyclic) bond motifs is 1. The summed E-state index contributed by atoms with van der Waals surface area (Å²) in [6, 6.07) is 6.18. The van der Waals surface area contributed by atoms with Crippen LogP contribution >= 0.6 is 0 Å². The lowest BCUT2D eigenvalue weighted by Gasteiger charge is -2.15. The van der Waals surface area contributed by atoms with Gasteiger partial charge in [0.05, 0.1) is 5.69 Å². The zero-order chi connectivity index (χ0) is 14.1. The van der Waals surface area contributed by atoms with Crippen molar-refractivity contribution in [1.29, 1.82) is 0 Å². The number of hydrogen-bond acceptors (Lipinski definition) is 3. The maximum absolute atomic E-state index is 12.1. The first-order chi connectivity index (χ1) is 9.63.